The van der Waals surface area contributed by atoms with E-state index in [1.165, 1.54) is 30.7 Å². The van der Waals surface area contributed by atoms with Crippen molar-refractivity contribution in [3.05, 3.63) is 16.4 Å². The Morgan fingerprint density at radius 3 is 2.54 bits per heavy atom. The molecule has 3 rings (SSSR count). The van der Waals surface area contributed by atoms with Gasteiger partial charge < -0.3 is 10.0 Å². The van der Waals surface area contributed by atoms with Crippen LogP contribution in [0.1, 0.15) is 57.4 Å². The van der Waals surface area contributed by atoms with Crippen molar-refractivity contribution in [3.63, 3.8) is 0 Å². The average molecular weight is 351 g/mol. The molecule has 0 radical (unpaired) electrons. The molecular weight excluding hydrogens is 326 g/mol. The van der Waals surface area contributed by atoms with Crippen LogP contribution in [0.2, 0.25) is 0 Å². The Morgan fingerprint density at radius 1 is 1.17 bits per heavy atom. The van der Waals surface area contributed by atoms with Crippen molar-refractivity contribution in [2.75, 3.05) is 18.8 Å². The first kappa shape index (κ1) is 17.3. The molecule has 0 unspecified atom stereocenters. The largest absolute Gasteiger partial charge is 0.493 e. The smallest absolute Gasteiger partial charge is 0.258 e. The third-order valence-electron chi connectivity index (χ3n) is 4.88. The van der Waals surface area contributed by atoms with E-state index in [-0.39, 0.29) is 29.1 Å². The molecule has 0 aromatic carbocycles. The number of amides is 1. The zero-order chi connectivity index (χ0) is 16.9. The molecule has 2 aliphatic rings. The van der Waals surface area contributed by atoms with Crippen molar-refractivity contribution < 1.29 is 9.90 Å². The molecule has 0 spiro atoms. The zero-order valence-electron chi connectivity index (χ0n) is 13.9. The second-order valence-corrected chi connectivity index (χ2v) is 7.57. The lowest BCUT2D eigenvalue weighted by molar-refractivity contribution is -0.129. The van der Waals surface area contributed by atoms with Gasteiger partial charge in [0.1, 0.15) is 0 Å². The lowest BCUT2D eigenvalue weighted by Gasteiger charge is -2.27. The summed E-state index contributed by atoms with van der Waals surface area (Å²) in [7, 11) is 0. The first-order valence-electron chi connectivity index (χ1n) is 8.88. The van der Waals surface area contributed by atoms with Crippen molar-refractivity contribution in [2.24, 2.45) is 0 Å². The first-order chi connectivity index (χ1) is 11.6. The van der Waals surface area contributed by atoms with Gasteiger partial charge in [-0.15, -0.1) is 0 Å². The van der Waals surface area contributed by atoms with Crippen LogP contribution in [0.5, 0.6) is 5.88 Å². The fourth-order valence-corrected chi connectivity index (χ4v) is 4.57. The molecule has 1 aliphatic heterocycles. The molecule has 132 valence electrons. The SMILES string of the molecule is O=C(CSc1nc(O)cc(=O)n1C1CCCCC1)N1CCCCC1. The summed E-state index contributed by atoms with van der Waals surface area (Å²) in [5.41, 5.74) is -0.220. The van der Waals surface area contributed by atoms with Crippen molar-refractivity contribution in [2.45, 2.75) is 62.6 Å². The van der Waals surface area contributed by atoms with Crippen LogP contribution in [-0.2, 0) is 4.79 Å². The van der Waals surface area contributed by atoms with Crippen LogP contribution in [0.3, 0.4) is 0 Å². The minimum atomic E-state index is -0.264. The number of carbonyl (C=O) groups is 1. The molecule has 6 nitrogen and oxygen atoms in total. The number of thioether (sulfide) groups is 1. The van der Waals surface area contributed by atoms with Crippen LogP contribution in [0.25, 0.3) is 0 Å². The highest BCUT2D eigenvalue weighted by atomic mass is 32.2. The molecular formula is C17H25N3O3S. The molecule has 0 bridgehead atoms. The highest BCUT2D eigenvalue weighted by Crippen LogP contribution is 2.30. The van der Waals surface area contributed by atoms with Gasteiger partial charge in [-0.3, -0.25) is 14.2 Å². The van der Waals surface area contributed by atoms with Gasteiger partial charge in [-0.1, -0.05) is 31.0 Å². The van der Waals surface area contributed by atoms with E-state index < -0.39 is 0 Å². The lowest BCUT2D eigenvalue weighted by atomic mass is 9.95. The Bertz CT molecular complexity index is 634. The lowest BCUT2D eigenvalue weighted by Crippen LogP contribution is -2.37. The number of hydrogen-bond donors (Lipinski definition) is 1. The summed E-state index contributed by atoms with van der Waals surface area (Å²) in [6.07, 6.45) is 8.64. The van der Waals surface area contributed by atoms with E-state index >= 15 is 0 Å². The monoisotopic (exact) mass is 351 g/mol. The summed E-state index contributed by atoms with van der Waals surface area (Å²) in [5.74, 6) is 0.0928. The highest BCUT2D eigenvalue weighted by Gasteiger charge is 2.23. The maximum absolute atomic E-state index is 12.4. The van der Waals surface area contributed by atoms with Crippen LogP contribution in [-0.4, -0.2) is 44.3 Å². The molecule has 0 atom stereocenters. The third-order valence-corrected chi connectivity index (χ3v) is 5.82. The van der Waals surface area contributed by atoms with Crippen molar-refractivity contribution >= 4 is 17.7 Å². The summed E-state index contributed by atoms with van der Waals surface area (Å²) < 4.78 is 1.69. The van der Waals surface area contributed by atoms with Gasteiger partial charge >= 0.3 is 0 Å². The Morgan fingerprint density at radius 2 is 1.83 bits per heavy atom. The van der Waals surface area contributed by atoms with Crippen LogP contribution >= 0.6 is 11.8 Å². The Balaban J connectivity index is 1.73. The van der Waals surface area contributed by atoms with Gasteiger partial charge in [0.25, 0.3) is 5.56 Å². The predicted octanol–water partition coefficient (Wildman–Crippen LogP) is 2.56. The van der Waals surface area contributed by atoms with Crippen LogP contribution in [0.4, 0.5) is 0 Å². The summed E-state index contributed by atoms with van der Waals surface area (Å²) in [4.78, 5) is 30.7. The molecule has 2 heterocycles. The van der Waals surface area contributed by atoms with Crippen LogP contribution in [0.15, 0.2) is 16.0 Å². The molecule has 24 heavy (non-hydrogen) atoms. The molecule has 1 aromatic rings. The normalized spacial score (nSPS) is 19.4. The van der Waals surface area contributed by atoms with Crippen LogP contribution in [0, 0.1) is 0 Å². The van der Waals surface area contributed by atoms with Crippen molar-refractivity contribution in [3.8, 4) is 5.88 Å². The Kier molecular flexibility index (Phi) is 5.81. The third kappa shape index (κ3) is 4.12. The topological polar surface area (TPSA) is 75.4 Å². The number of hydrogen-bond acceptors (Lipinski definition) is 5. The molecule has 1 saturated carbocycles. The van der Waals surface area contributed by atoms with Gasteiger partial charge in [0.05, 0.1) is 11.8 Å². The molecule has 1 aliphatic carbocycles. The molecule has 1 amide bonds. The number of likely N-dealkylation sites (tertiary alicyclic amines) is 1. The van der Waals surface area contributed by atoms with Crippen LogP contribution < -0.4 is 5.56 Å². The molecule has 2 fully saturated rings. The molecule has 1 saturated heterocycles. The van der Waals surface area contributed by atoms with E-state index in [1.54, 1.807) is 4.57 Å². The number of aromatic hydroxyl groups is 1. The number of piperidine rings is 1. The van der Waals surface area contributed by atoms with Gasteiger partial charge in [-0.2, -0.15) is 4.98 Å². The Hall–Kier alpha value is -1.50. The average Bonchev–Trinajstić information content (AvgIpc) is 2.60. The van der Waals surface area contributed by atoms with Gasteiger partial charge in [-0.05, 0) is 32.1 Å². The maximum Gasteiger partial charge on any atom is 0.258 e. The minimum absolute atomic E-state index is 0.0903. The summed E-state index contributed by atoms with van der Waals surface area (Å²) >= 11 is 1.27. The molecule has 1 aromatic heterocycles. The van der Waals surface area contributed by atoms with E-state index in [0.717, 1.165) is 51.6 Å². The summed E-state index contributed by atoms with van der Waals surface area (Å²) in [5, 5.41) is 10.2. The summed E-state index contributed by atoms with van der Waals surface area (Å²) in [6.45, 7) is 1.64. The predicted molar refractivity (Wildman–Crippen MR) is 93.4 cm³/mol. The van der Waals surface area contributed by atoms with Gasteiger partial charge in [-0.25, -0.2) is 0 Å². The van der Waals surface area contributed by atoms with Gasteiger partial charge in [0.2, 0.25) is 11.8 Å². The van der Waals surface area contributed by atoms with E-state index in [1.807, 2.05) is 4.90 Å². The molecule has 7 heteroatoms. The number of aromatic nitrogens is 2. The van der Waals surface area contributed by atoms with E-state index in [0.29, 0.717) is 5.16 Å². The second-order valence-electron chi connectivity index (χ2n) is 6.63. The highest BCUT2D eigenvalue weighted by molar-refractivity contribution is 7.99. The molecule has 1 N–H and O–H groups in total. The fraction of sp³-hybridized carbons (Fsp3) is 0.706. The number of carbonyl (C=O) groups excluding carboxylic acids is 1. The zero-order valence-corrected chi connectivity index (χ0v) is 14.8. The van der Waals surface area contributed by atoms with Crippen molar-refractivity contribution in [1.82, 2.24) is 14.5 Å². The van der Waals surface area contributed by atoms with E-state index in [2.05, 4.69) is 4.98 Å². The van der Waals surface area contributed by atoms with Gasteiger partial charge in [0, 0.05) is 19.1 Å². The standard InChI is InChI=1S/C17H25N3O3S/c21-14-11-15(22)20(13-7-3-1-4-8-13)17(18-14)24-12-16(23)19-9-5-2-6-10-19/h11,13,21H,1-10,12H2. The summed E-state index contributed by atoms with van der Waals surface area (Å²) in [6, 6.07) is 1.30. The first-order valence-corrected chi connectivity index (χ1v) is 9.87. The van der Waals surface area contributed by atoms with Gasteiger partial charge in [0.15, 0.2) is 5.16 Å². The number of nitrogens with zero attached hydrogens (tertiary/aromatic N) is 3. The maximum atomic E-state index is 12.4. The Labute approximate surface area is 146 Å². The second kappa shape index (κ2) is 8.05. The number of rotatable bonds is 4. The van der Waals surface area contributed by atoms with Crippen molar-refractivity contribution in [1.29, 1.82) is 0 Å². The van der Waals surface area contributed by atoms with E-state index in [9.17, 15) is 14.7 Å². The minimum Gasteiger partial charge on any atom is -0.493 e. The quantitative estimate of drug-likeness (QED) is 0.666. The fourth-order valence-electron chi connectivity index (χ4n) is 3.60. The van der Waals surface area contributed by atoms with E-state index in [4.69, 9.17) is 0 Å².